The second-order valence-corrected chi connectivity index (χ2v) is 4.51. The van der Waals surface area contributed by atoms with Crippen LogP contribution in [-0.2, 0) is 4.74 Å². The normalized spacial score (nSPS) is 10.3. The lowest BCUT2D eigenvalue weighted by Gasteiger charge is -2.24. The Balaban J connectivity index is 2.83. The highest BCUT2D eigenvalue weighted by atomic mass is 79.9. The van der Waals surface area contributed by atoms with Gasteiger partial charge in [-0.3, -0.25) is 4.79 Å². The van der Waals surface area contributed by atoms with Crippen LogP contribution in [-0.4, -0.2) is 32.6 Å². The highest BCUT2D eigenvalue weighted by Crippen LogP contribution is 2.23. The lowest BCUT2D eigenvalue weighted by atomic mass is 10.1. The third-order valence-electron chi connectivity index (χ3n) is 2.55. The van der Waals surface area contributed by atoms with Gasteiger partial charge in [0.1, 0.15) is 0 Å². The average Bonchev–Trinajstić information content (AvgIpc) is 2.35. The van der Waals surface area contributed by atoms with Crippen LogP contribution < -0.4 is 4.90 Å². The van der Waals surface area contributed by atoms with Crippen LogP contribution in [0.2, 0.25) is 0 Å². The summed E-state index contributed by atoms with van der Waals surface area (Å²) in [6.45, 7) is 7.11. The second-order valence-electron chi connectivity index (χ2n) is 3.60. The van der Waals surface area contributed by atoms with E-state index in [1.165, 1.54) is 0 Å². The Morgan fingerprint density at radius 2 is 2.18 bits per heavy atom. The van der Waals surface area contributed by atoms with E-state index in [2.05, 4.69) is 27.8 Å². The van der Waals surface area contributed by atoms with Crippen molar-refractivity contribution in [2.75, 3.05) is 31.2 Å². The highest BCUT2D eigenvalue weighted by molar-refractivity contribution is 9.10. The smallest absolute Gasteiger partial charge is 0.152 e. The molecule has 0 bridgehead atoms. The van der Waals surface area contributed by atoms with E-state index in [0.29, 0.717) is 12.2 Å². The summed E-state index contributed by atoms with van der Waals surface area (Å²) in [5.41, 5.74) is 1.67. The Bertz CT molecular complexity index is 368. The highest BCUT2D eigenvalue weighted by Gasteiger charge is 2.09. The van der Waals surface area contributed by atoms with Gasteiger partial charge in [0.2, 0.25) is 0 Å². The fourth-order valence-electron chi connectivity index (χ4n) is 1.68. The molecule has 0 aromatic heterocycles. The Morgan fingerprint density at radius 3 is 2.76 bits per heavy atom. The van der Waals surface area contributed by atoms with Gasteiger partial charge in [-0.05, 0) is 32.0 Å². The van der Waals surface area contributed by atoms with Gasteiger partial charge in [0.15, 0.2) is 6.29 Å². The van der Waals surface area contributed by atoms with Crippen LogP contribution in [0, 0.1) is 0 Å². The number of likely N-dealkylation sites (N-methyl/N-ethyl adjacent to an activating group) is 1. The maximum absolute atomic E-state index is 11.1. The van der Waals surface area contributed by atoms with Crippen molar-refractivity contribution in [2.24, 2.45) is 0 Å². The summed E-state index contributed by atoms with van der Waals surface area (Å²) in [4.78, 5) is 13.2. The second kappa shape index (κ2) is 7.45. The number of carbonyl (C=O) groups is 1. The van der Waals surface area contributed by atoms with E-state index in [-0.39, 0.29) is 0 Å². The van der Waals surface area contributed by atoms with Crippen molar-refractivity contribution < 1.29 is 9.53 Å². The van der Waals surface area contributed by atoms with E-state index in [4.69, 9.17) is 4.74 Å². The molecule has 1 aromatic carbocycles. The van der Waals surface area contributed by atoms with Gasteiger partial charge < -0.3 is 9.64 Å². The first kappa shape index (κ1) is 14.2. The number of aldehydes is 1. The molecule has 0 saturated heterocycles. The number of benzene rings is 1. The fraction of sp³-hybridized carbons (Fsp3) is 0.462. The third kappa shape index (κ3) is 4.13. The summed E-state index contributed by atoms with van der Waals surface area (Å²) in [5.74, 6) is 0. The molecule has 0 heterocycles. The van der Waals surface area contributed by atoms with E-state index in [1.807, 2.05) is 25.1 Å². The van der Waals surface area contributed by atoms with Crippen molar-refractivity contribution in [1.82, 2.24) is 0 Å². The number of ether oxygens (including phenoxy) is 1. The first-order valence-corrected chi connectivity index (χ1v) is 6.59. The van der Waals surface area contributed by atoms with Crippen molar-refractivity contribution in [3.8, 4) is 0 Å². The number of halogens is 1. The van der Waals surface area contributed by atoms with E-state index in [1.54, 1.807) is 0 Å². The largest absolute Gasteiger partial charge is 0.380 e. The van der Waals surface area contributed by atoms with E-state index >= 15 is 0 Å². The zero-order valence-corrected chi connectivity index (χ0v) is 11.9. The van der Waals surface area contributed by atoms with E-state index in [9.17, 15) is 4.79 Å². The van der Waals surface area contributed by atoms with Crippen LogP contribution in [0.15, 0.2) is 22.7 Å². The average molecular weight is 300 g/mol. The number of hydrogen-bond acceptors (Lipinski definition) is 3. The van der Waals surface area contributed by atoms with Gasteiger partial charge in [-0.15, -0.1) is 0 Å². The predicted molar refractivity (Wildman–Crippen MR) is 73.9 cm³/mol. The van der Waals surface area contributed by atoms with Crippen LogP contribution in [0.3, 0.4) is 0 Å². The molecule has 17 heavy (non-hydrogen) atoms. The van der Waals surface area contributed by atoms with E-state index < -0.39 is 0 Å². The molecular weight excluding hydrogens is 282 g/mol. The SMILES string of the molecule is CCOCCN(CC)c1ccc(Br)cc1C=O. The van der Waals surface area contributed by atoms with Gasteiger partial charge >= 0.3 is 0 Å². The zero-order valence-electron chi connectivity index (χ0n) is 10.3. The molecule has 0 saturated carbocycles. The van der Waals surface area contributed by atoms with E-state index in [0.717, 1.165) is 36.1 Å². The maximum Gasteiger partial charge on any atom is 0.152 e. The van der Waals surface area contributed by atoms with Crippen LogP contribution in [0.5, 0.6) is 0 Å². The lowest BCUT2D eigenvalue weighted by molar-refractivity contribution is 0.112. The molecule has 0 aliphatic carbocycles. The number of carbonyl (C=O) groups excluding carboxylic acids is 1. The van der Waals surface area contributed by atoms with Crippen LogP contribution in [0.4, 0.5) is 5.69 Å². The Labute approximate surface area is 111 Å². The van der Waals surface area contributed by atoms with Crippen molar-refractivity contribution in [2.45, 2.75) is 13.8 Å². The van der Waals surface area contributed by atoms with Gasteiger partial charge in [0, 0.05) is 35.4 Å². The standard InChI is InChI=1S/C13H18BrNO2/c1-3-15(7-8-17-4-2)13-6-5-12(14)9-11(13)10-16/h5-6,9-10H,3-4,7-8H2,1-2H3. The Kier molecular flexibility index (Phi) is 6.22. The molecular formula is C13H18BrNO2. The number of rotatable bonds is 7. The minimum Gasteiger partial charge on any atom is -0.380 e. The number of hydrogen-bond donors (Lipinski definition) is 0. The van der Waals surface area contributed by atoms with Crippen LogP contribution >= 0.6 is 15.9 Å². The van der Waals surface area contributed by atoms with Gasteiger partial charge in [-0.2, -0.15) is 0 Å². The van der Waals surface area contributed by atoms with Crippen molar-refractivity contribution in [3.05, 3.63) is 28.2 Å². The van der Waals surface area contributed by atoms with Gasteiger partial charge in [-0.1, -0.05) is 15.9 Å². The summed E-state index contributed by atoms with van der Waals surface area (Å²) in [6, 6.07) is 5.75. The quantitative estimate of drug-likeness (QED) is 0.572. The molecule has 94 valence electrons. The summed E-state index contributed by atoms with van der Waals surface area (Å²) in [6.07, 6.45) is 0.892. The molecule has 1 aromatic rings. The molecule has 0 spiro atoms. The molecule has 0 aliphatic rings. The van der Waals surface area contributed by atoms with Crippen LogP contribution in [0.1, 0.15) is 24.2 Å². The maximum atomic E-state index is 11.1. The number of anilines is 1. The minimum absolute atomic E-state index is 0.679. The Hall–Kier alpha value is -0.870. The molecule has 0 N–H and O–H groups in total. The summed E-state index contributed by atoms with van der Waals surface area (Å²) in [7, 11) is 0. The zero-order chi connectivity index (χ0) is 12.7. The predicted octanol–water partition coefficient (Wildman–Crippen LogP) is 3.12. The van der Waals surface area contributed by atoms with Crippen molar-refractivity contribution >= 4 is 27.9 Å². The number of nitrogens with zero attached hydrogens (tertiary/aromatic N) is 1. The molecule has 0 amide bonds. The molecule has 0 atom stereocenters. The molecule has 1 rings (SSSR count). The van der Waals surface area contributed by atoms with Crippen LogP contribution in [0.25, 0.3) is 0 Å². The fourth-order valence-corrected chi connectivity index (χ4v) is 2.05. The molecule has 4 heteroatoms. The molecule has 0 radical (unpaired) electrons. The molecule has 0 aliphatic heterocycles. The third-order valence-corrected chi connectivity index (χ3v) is 3.04. The summed E-state index contributed by atoms with van der Waals surface area (Å²) in [5, 5.41) is 0. The lowest BCUT2D eigenvalue weighted by Crippen LogP contribution is -2.28. The molecule has 0 unspecified atom stereocenters. The van der Waals surface area contributed by atoms with Gasteiger partial charge in [-0.25, -0.2) is 0 Å². The first-order chi connectivity index (χ1) is 8.22. The monoisotopic (exact) mass is 299 g/mol. The molecule has 0 fully saturated rings. The first-order valence-electron chi connectivity index (χ1n) is 5.80. The van der Waals surface area contributed by atoms with Crippen molar-refractivity contribution in [3.63, 3.8) is 0 Å². The topological polar surface area (TPSA) is 29.5 Å². The van der Waals surface area contributed by atoms with Crippen molar-refractivity contribution in [1.29, 1.82) is 0 Å². The molecule has 3 nitrogen and oxygen atoms in total. The van der Waals surface area contributed by atoms with Gasteiger partial charge in [0.05, 0.1) is 6.61 Å². The summed E-state index contributed by atoms with van der Waals surface area (Å²) >= 11 is 3.37. The Morgan fingerprint density at radius 1 is 1.41 bits per heavy atom. The summed E-state index contributed by atoms with van der Waals surface area (Å²) < 4.78 is 6.27. The van der Waals surface area contributed by atoms with Gasteiger partial charge in [0.25, 0.3) is 0 Å². The minimum atomic E-state index is 0.679.